The highest BCUT2D eigenvalue weighted by atomic mass is 31.2. The van der Waals surface area contributed by atoms with Crippen molar-refractivity contribution in [2.24, 2.45) is 5.92 Å². The zero-order valence-corrected chi connectivity index (χ0v) is 62.9. The van der Waals surface area contributed by atoms with Crippen LogP contribution in [0.5, 0.6) is 0 Å². The van der Waals surface area contributed by atoms with Gasteiger partial charge in [-0.1, -0.05) is 343 Å². The normalized spacial score (nSPS) is 14.0. The van der Waals surface area contributed by atoms with E-state index >= 15 is 0 Å². The van der Waals surface area contributed by atoms with Crippen molar-refractivity contribution in [2.45, 2.75) is 412 Å². The van der Waals surface area contributed by atoms with E-state index in [2.05, 4.69) is 34.6 Å². The van der Waals surface area contributed by atoms with E-state index in [1.807, 2.05) is 0 Å². The maximum atomic E-state index is 13.1. The summed E-state index contributed by atoms with van der Waals surface area (Å²) in [4.78, 5) is 72.6. The Morgan fingerprint density at radius 1 is 0.287 bits per heavy atom. The van der Waals surface area contributed by atoms with Crippen LogP contribution in [0.4, 0.5) is 0 Å². The van der Waals surface area contributed by atoms with Crippen LogP contribution in [0.3, 0.4) is 0 Å². The quantitative estimate of drug-likeness (QED) is 0.0222. The van der Waals surface area contributed by atoms with Crippen molar-refractivity contribution in [2.75, 3.05) is 39.6 Å². The molecule has 0 aromatic heterocycles. The molecule has 0 heterocycles. The standard InChI is InChI=1S/C75H146O17P2/c1-6-9-12-15-18-20-22-24-26-28-30-32-34-36-40-45-50-55-60-74(79)92-71(65-86-73(78)59-54-49-44-39-35-33-31-29-27-25-23-21-19-16-13-10-7-2)67-90-94(83,84)88-63-69(76)62-87-93(81,82)89-66-70(64-85-72(77)58-53-48-42-17-14-11-8-3)91-75(80)61-56-51-46-41-37-38-43-47-52-57-68(4)5/h68-71,76H,6-67H2,1-5H3,(H,81,82)(H,83,84)/t69-,70+,71+/m0/s1. The molecule has 0 spiro atoms. The number of phosphoric acid groups is 2. The van der Waals surface area contributed by atoms with Gasteiger partial charge in [-0.3, -0.25) is 37.3 Å². The minimum Gasteiger partial charge on any atom is -0.462 e. The van der Waals surface area contributed by atoms with E-state index in [4.69, 9.17) is 37.0 Å². The lowest BCUT2D eigenvalue weighted by molar-refractivity contribution is -0.161. The SMILES string of the molecule is CCCCCCCCCCCCCCCCCCCCC(=O)O[C@H](COC(=O)CCCCCCCCCCCCCCCCCCC)COP(=O)(O)OC[C@@H](O)COP(=O)(O)OC[C@@H](COC(=O)CCCCCCCCC)OC(=O)CCCCCCCCCCCC(C)C. The largest absolute Gasteiger partial charge is 0.472 e. The molecule has 0 aromatic rings. The van der Waals surface area contributed by atoms with Crippen LogP contribution in [0.15, 0.2) is 0 Å². The van der Waals surface area contributed by atoms with Crippen molar-refractivity contribution < 1.29 is 80.2 Å². The van der Waals surface area contributed by atoms with Crippen LogP contribution in [-0.4, -0.2) is 96.7 Å². The molecule has 0 aliphatic rings. The molecule has 0 aromatic carbocycles. The van der Waals surface area contributed by atoms with Crippen LogP contribution >= 0.6 is 15.6 Å². The number of esters is 4. The zero-order valence-electron chi connectivity index (χ0n) is 61.1. The summed E-state index contributed by atoms with van der Waals surface area (Å²) in [6, 6.07) is 0. The van der Waals surface area contributed by atoms with Crippen molar-refractivity contribution >= 4 is 39.5 Å². The molecule has 0 bridgehead atoms. The molecule has 0 fully saturated rings. The molecular formula is C75H146O17P2. The first-order valence-electron chi connectivity index (χ1n) is 39.1. The summed E-state index contributed by atoms with van der Waals surface area (Å²) in [7, 11) is -9.90. The van der Waals surface area contributed by atoms with Gasteiger partial charge in [-0.15, -0.1) is 0 Å². The molecule has 0 rings (SSSR count). The smallest absolute Gasteiger partial charge is 0.462 e. The van der Waals surface area contributed by atoms with E-state index < -0.39 is 97.5 Å². The Morgan fingerprint density at radius 2 is 0.489 bits per heavy atom. The topological polar surface area (TPSA) is 237 Å². The number of carbonyl (C=O) groups is 4. The predicted octanol–water partition coefficient (Wildman–Crippen LogP) is 22.1. The van der Waals surface area contributed by atoms with Gasteiger partial charge >= 0.3 is 39.5 Å². The minimum atomic E-state index is -4.96. The number of ether oxygens (including phenoxy) is 4. The average Bonchev–Trinajstić information content (AvgIpc) is 1.84. The second-order valence-electron chi connectivity index (χ2n) is 27.5. The molecule has 0 saturated carbocycles. The van der Waals surface area contributed by atoms with Gasteiger partial charge in [0.1, 0.15) is 19.3 Å². The highest BCUT2D eigenvalue weighted by Gasteiger charge is 2.30. The second-order valence-corrected chi connectivity index (χ2v) is 30.4. The Hall–Kier alpha value is -1.94. The first kappa shape index (κ1) is 92.1. The third-order valence-corrected chi connectivity index (χ3v) is 19.4. The summed E-state index contributed by atoms with van der Waals surface area (Å²) in [6.07, 6.45) is 57.1. The fourth-order valence-corrected chi connectivity index (χ4v) is 13.1. The number of hydrogen-bond acceptors (Lipinski definition) is 15. The molecule has 5 atom stereocenters. The molecule has 0 amide bonds. The van der Waals surface area contributed by atoms with Gasteiger partial charge in [0, 0.05) is 25.7 Å². The predicted molar refractivity (Wildman–Crippen MR) is 382 cm³/mol. The highest BCUT2D eigenvalue weighted by Crippen LogP contribution is 2.45. The van der Waals surface area contributed by atoms with E-state index in [-0.39, 0.29) is 25.7 Å². The molecule has 0 aliphatic heterocycles. The summed E-state index contributed by atoms with van der Waals surface area (Å²) in [6.45, 7) is 7.22. The van der Waals surface area contributed by atoms with Crippen LogP contribution in [0.2, 0.25) is 0 Å². The molecule has 19 heteroatoms. The Kier molecular flexibility index (Phi) is 66.8. The van der Waals surface area contributed by atoms with Gasteiger partial charge in [0.2, 0.25) is 0 Å². The molecule has 0 radical (unpaired) electrons. The first-order valence-corrected chi connectivity index (χ1v) is 42.1. The number of carbonyl (C=O) groups excluding carboxylic acids is 4. The molecule has 94 heavy (non-hydrogen) atoms. The van der Waals surface area contributed by atoms with Gasteiger partial charge in [0.15, 0.2) is 12.2 Å². The summed E-state index contributed by atoms with van der Waals surface area (Å²) < 4.78 is 68.4. The number of phosphoric ester groups is 2. The molecule has 17 nitrogen and oxygen atoms in total. The van der Waals surface area contributed by atoms with Crippen molar-refractivity contribution in [3.8, 4) is 0 Å². The Bertz CT molecular complexity index is 1810. The van der Waals surface area contributed by atoms with E-state index in [1.54, 1.807) is 0 Å². The zero-order chi connectivity index (χ0) is 69.1. The van der Waals surface area contributed by atoms with Gasteiger partial charge in [0.05, 0.1) is 26.4 Å². The van der Waals surface area contributed by atoms with Crippen LogP contribution in [0.25, 0.3) is 0 Å². The maximum Gasteiger partial charge on any atom is 0.472 e. The lowest BCUT2D eigenvalue weighted by Gasteiger charge is -2.21. The summed E-state index contributed by atoms with van der Waals surface area (Å²) in [5.74, 6) is -1.38. The lowest BCUT2D eigenvalue weighted by Crippen LogP contribution is -2.30. The summed E-state index contributed by atoms with van der Waals surface area (Å²) in [5, 5.41) is 10.6. The number of aliphatic hydroxyl groups is 1. The number of rotatable bonds is 75. The van der Waals surface area contributed by atoms with Gasteiger partial charge in [0.25, 0.3) is 0 Å². The summed E-state index contributed by atoms with van der Waals surface area (Å²) >= 11 is 0. The van der Waals surface area contributed by atoms with Crippen LogP contribution < -0.4 is 0 Å². The maximum absolute atomic E-state index is 13.1. The van der Waals surface area contributed by atoms with E-state index in [0.29, 0.717) is 25.7 Å². The molecule has 3 N–H and O–H groups in total. The van der Waals surface area contributed by atoms with Gasteiger partial charge < -0.3 is 33.8 Å². The van der Waals surface area contributed by atoms with Gasteiger partial charge in [-0.25, -0.2) is 9.13 Å². The monoisotopic (exact) mass is 1380 g/mol. The van der Waals surface area contributed by atoms with E-state index in [1.165, 1.54) is 205 Å². The average molecular weight is 1380 g/mol. The van der Waals surface area contributed by atoms with E-state index in [0.717, 1.165) is 109 Å². The fraction of sp³-hybridized carbons (Fsp3) is 0.947. The Balaban J connectivity index is 5.19. The number of aliphatic hydroxyl groups excluding tert-OH is 1. The van der Waals surface area contributed by atoms with Crippen molar-refractivity contribution in [3.63, 3.8) is 0 Å². The second kappa shape index (κ2) is 68.2. The van der Waals surface area contributed by atoms with E-state index in [9.17, 15) is 43.2 Å². The molecule has 558 valence electrons. The van der Waals surface area contributed by atoms with Crippen LogP contribution in [-0.2, 0) is 65.4 Å². The third-order valence-electron chi connectivity index (χ3n) is 17.5. The summed E-state index contributed by atoms with van der Waals surface area (Å²) in [5.41, 5.74) is 0. The van der Waals surface area contributed by atoms with Gasteiger partial charge in [-0.2, -0.15) is 0 Å². The van der Waals surface area contributed by atoms with Crippen molar-refractivity contribution in [1.82, 2.24) is 0 Å². The third kappa shape index (κ3) is 68.6. The van der Waals surface area contributed by atoms with Gasteiger partial charge in [-0.05, 0) is 31.6 Å². The van der Waals surface area contributed by atoms with Crippen molar-refractivity contribution in [1.29, 1.82) is 0 Å². The van der Waals surface area contributed by atoms with Crippen LogP contribution in [0.1, 0.15) is 394 Å². The molecule has 2 unspecified atom stereocenters. The fourth-order valence-electron chi connectivity index (χ4n) is 11.5. The minimum absolute atomic E-state index is 0.105. The Morgan fingerprint density at radius 3 is 0.723 bits per heavy atom. The highest BCUT2D eigenvalue weighted by molar-refractivity contribution is 7.47. The van der Waals surface area contributed by atoms with Crippen molar-refractivity contribution in [3.05, 3.63) is 0 Å². The molecule has 0 saturated heterocycles. The number of hydrogen-bond donors (Lipinski definition) is 3. The van der Waals surface area contributed by atoms with Crippen LogP contribution in [0, 0.1) is 5.92 Å². The lowest BCUT2D eigenvalue weighted by atomic mass is 10.0. The first-order chi connectivity index (χ1) is 45.5. The molecule has 0 aliphatic carbocycles. The molecular weight excluding hydrogens is 1230 g/mol. The Labute approximate surface area is 575 Å². The number of unbranched alkanes of at least 4 members (excludes halogenated alkanes) is 47.